The summed E-state index contributed by atoms with van der Waals surface area (Å²) in [7, 11) is -3.57. The van der Waals surface area contributed by atoms with Gasteiger partial charge in [0.25, 0.3) is 0 Å². The molecule has 0 fully saturated rings. The lowest BCUT2D eigenvalue weighted by molar-refractivity contribution is 0.561. The van der Waals surface area contributed by atoms with Crippen molar-refractivity contribution in [1.29, 1.82) is 0 Å². The summed E-state index contributed by atoms with van der Waals surface area (Å²) in [5.74, 6) is 0. The van der Waals surface area contributed by atoms with E-state index >= 15 is 0 Å². The number of benzene rings is 2. The van der Waals surface area contributed by atoms with E-state index in [9.17, 15) is 8.42 Å². The molecule has 1 N–H and O–H groups in total. The number of hydrogen-bond acceptors (Lipinski definition) is 4. The van der Waals surface area contributed by atoms with Gasteiger partial charge in [0.15, 0.2) is 0 Å². The highest BCUT2D eigenvalue weighted by Crippen LogP contribution is 2.19. The highest BCUT2D eigenvalue weighted by atomic mass is 32.2. The first-order chi connectivity index (χ1) is 13.1. The number of nitrogens with zero attached hydrogens (tertiary/aromatic N) is 3. The summed E-state index contributed by atoms with van der Waals surface area (Å²) < 4.78 is 29.4. The van der Waals surface area contributed by atoms with Crippen LogP contribution in [-0.4, -0.2) is 29.7 Å². The molecule has 0 aliphatic rings. The third-order valence-corrected chi connectivity index (χ3v) is 5.74. The summed E-state index contributed by atoms with van der Waals surface area (Å²) in [4.78, 5) is 4.25. The lowest BCUT2D eigenvalue weighted by atomic mass is 10.1. The van der Waals surface area contributed by atoms with E-state index < -0.39 is 10.0 Å². The zero-order valence-corrected chi connectivity index (χ0v) is 15.3. The van der Waals surface area contributed by atoms with Gasteiger partial charge in [-0.2, -0.15) is 5.10 Å². The van der Waals surface area contributed by atoms with Crippen LogP contribution in [0.1, 0.15) is 0 Å². The Kier molecular flexibility index (Phi) is 4.70. The third kappa shape index (κ3) is 3.89. The van der Waals surface area contributed by atoms with Gasteiger partial charge >= 0.3 is 0 Å². The van der Waals surface area contributed by atoms with E-state index in [1.54, 1.807) is 29.2 Å². The van der Waals surface area contributed by atoms with Crippen molar-refractivity contribution in [2.24, 2.45) is 0 Å². The summed E-state index contributed by atoms with van der Waals surface area (Å²) in [6.45, 7) is 0.699. The number of pyridine rings is 1. The molecule has 0 unspecified atom stereocenters. The van der Waals surface area contributed by atoms with Crippen molar-refractivity contribution in [3.63, 3.8) is 0 Å². The number of aromatic nitrogens is 3. The molecule has 0 spiro atoms. The van der Waals surface area contributed by atoms with Crippen LogP contribution >= 0.6 is 0 Å². The lowest BCUT2D eigenvalue weighted by Gasteiger charge is -2.08. The molecule has 27 heavy (non-hydrogen) atoms. The molecule has 0 amide bonds. The minimum atomic E-state index is -3.57. The molecule has 7 heteroatoms. The first-order valence-electron chi connectivity index (χ1n) is 8.54. The van der Waals surface area contributed by atoms with Crippen molar-refractivity contribution in [1.82, 2.24) is 19.5 Å². The topological polar surface area (TPSA) is 76.9 Å². The number of fused-ring (bicyclic) bond motifs is 1. The first-order valence-corrected chi connectivity index (χ1v) is 10.0. The van der Waals surface area contributed by atoms with Crippen LogP contribution < -0.4 is 4.72 Å². The number of nitrogens with one attached hydrogen (secondary N) is 1. The van der Waals surface area contributed by atoms with Crippen LogP contribution in [-0.2, 0) is 16.6 Å². The first kappa shape index (κ1) is 17.4. The molecule has 0 radical (unpaired) electrons. The van der Waals surface area contributed by atoms with Crippen molar-refractivity contribution in [2.75, 3.05) is 6.54 Å². The van der Waals surface area contributed by atoms with E-state index in [1.807, 2.05) is 54.7 Å². The predicted molar refractivity (Wildman–Crippen MR) is 105 cm³/mol. The molecule has 0 saturated carbocycles. The zero-order chi connectivity index (χ0) is 18.7. The molecular weight excluding hydrogens is 360 g/mol. The van der Waals surface area contributed by atoms with E-state index in [2.05, 4.69) is 14.8 Å². The quantitative estimate of drug-likeness (QED) is 0.559. The second-order valence-electron chi connectivity index (χ2n) is 6.11. The molecule has 0 atom stereocenters. The summed E-state index contributed by atoms with van der Waals surface area (Å²) in [5, 5.41) is 6.38. The van der Waals surface area contributed by atoms with Crippen molar-refractivity contribution >= 4 is 20.8 Å². The SMILES string of the molecule is O=S(=O)(NCCn1ccc(-c2ccncc2)n1)c1ccc2ccccc2c1. The molecule has 4 aromatic rings. The van der Waals surface area contributed by atoms with Crippen molar-refractivity contribution in [2.45, 2.75) is 11.4 Å². The fourth-order valence-electron chi connectivity index (χ4n) is 2.88. The number of sulfonamides is 1. The molecule has 2 heterocycles. The van der Waals surface area contributed by atoms with Crippen LogP contribution in [0.5, 0.6) is 0 Å². The third-order valence-electron chi connectivity index (χ3n) is 4.28. The van der Waals surface area contributed by atoms with Gasteiger partial charge in [-0.25, -0.2) is 13.1 Å². The molecule has 2 aromatic carbocycles. The maximum Gasteiger partial charge on any atom is 0.240 e. The van der Waals surface area contributed by atoms with Gasteiger partial charge in [0.1, 0.15) is 0 Å². The van der Waals surface area contributed by atoms with E-state index in [0.717, 1.165) is 22.0 Å². The van der Waals surface area contributed by atoms with Gasteiger partial charge in [0.2, 0.25) is 10.0 Å². The Balaban J connectivity index is 1.42. The second-order valence-corrected chi connectivity index (χ2v) is 7.87. The summed E-state index contributed by atoms with van der Waals surface area (Å²) >= 11 is 0. The highest BCUT2D eigenvalue weighted by molar-refractivity contribution is 7.89. The second kappa shape index (κ2) is 7.30. The summed E-state index contributed by atoms with van der Waals surface area (Å²) in [6, 6.07) is 18.5. The Morgan fingerprint density at radius 1 is 0.926 bits per heavy atom. The van der Waals surface area contributed by atoms with Crippen LogP contribution in [0, 0.1) is 0 Å². The monoisotopic (exact) mass is 378 g/mol. The molecule has 0 bridgehead atoms. The van der Waals surface area contributed by atoms with Gasteiger partial charge in [-0.1, -0.05) is 30.3 Å². The normalized spacial score (nSPS) is 11.7. The van der Waals surface area contributed by atoms with Crippen LogP contribution in [0.25, 0.3) is 22.0 Å². The smallest absolute Gasteiger partial charge is 0.240 e. The Bertz CT molecular complexity index is 1170. The van der Waals surface area contributed by atoms with E-state index in [0.29, 0.717) is 6.54 Å². The molecule has 0 aliphatic carbocycles. The Hall–Kier alpha value is -3.03. The van der Waals surface area contributed by atoms with Crippen LogP contribution in [0.4, 0.5) is 0 Å². The van der Waals surface area contributed by atoms with Gasteiger partial charge in [0, 0.05) is 30.7 Å². The van der Waals surface area contributed by atoms with Crippen LogP contribution in [0.2, 0.25) is 0 Å². The maximum atomic E-state index is 12.5. The van der Waals surface area contributed by atoms with Crippen molar-refractivity contribution in [3.8, 4) is 11.3 Å². The van der Waals surface area contributed by atoms with Gasteiger partial charge in [-0.15, -0.1) is 0 Å². The molecular formula is C20H18N4O2S. The minimum absolute atomic E-state index is 0.257. The number of rotatable bonds is 6. The Morgan fingerprint density at radius 2 is 1.70 bits per heavy atom. The summed E-state index contributed by atoms with van der Waals surface area (Å²) in [6.07, 6.45) is 5.26. The van der Waals surface area contributed by atoms with E-state index in [-0.39, 0.29) is 11.4 Å². The molecule has 0 aliphatic heterocycles. The predicted octanol–water partition coefficient (Wildman–Crippen LogP) is 3.08. The van der Waals surface area contributed by atoms with Gasteiger partial charge < -0.3 is 0 Å². The van der Waals surface area contributed by atoms with Crippen LogP contribution in [0.3, 0.4) is 0 Å². The lowest BCUT2D eigenvalue weighted by Crippen LogP contribution is -2.27. The highest BCUT2D eigenvalue weighted by Gasteiger charge is 2.14. The molecule has 0 saturated heterocycles. The van der Waals surface area contributed by atoms with E-state index in [1.165, 1.54) is 0 Å². The standard InChI is InChI=1S/C20H18N4O2S/c25-27(26,19-6-5-16-3-1-2-4-18(16)15-19)22-12-14-24-13-9-20(23-24)17-7-10-21-11-8-17/h1-11,13,15,22H,12,14H2. The fraction of sp³-hybridized carbons (Fsp3) is 0.100. The van der Waals surface area contributed by atoms with E-state index in [4.69, 9.17) is 0 Å². The Morgan fingerprint density at radius 3 is 2.52 bits per heavy atom. The molecule has 4 rings (SSSR count). The van der Waals surface area contributed by atoms with Crippen LogP contribution in [0.15, 0.2) is 84.1 Å². The van der Waals surface area contributed by atoms with Gasteiger partial charge in [-0.3, -0.25) is 9.67 Å². The summed E-state index contributed by atoms with van der Waals surface area (Å²) in [5.41, 5.74) is 1.80. The average molecular weight is 378 g/mol. The van der Waals surface area contributed by atoms with Gasteiger partial charge in [-0.05, 0) is 41.1 Å². The largest absolute Gasteiger partial charge is 0.271 e. The molecule has 6 nitrogen and oxygen atoms in total. The van der Waals surface area contributed by atoms with Gasteiger partial charge in [0.05, 0.1) is 17.1 Å². The number of hydrogen-bond donors (Lipinski definition) is 1. The molecule has 136 valence electrons. The zero-order valence-electron chi connectivity index (χ0n) is 14.5. The molecule has 2 aromatic heterocycles. The Labute approximate surface area is 157 Å². The fourth-order valence-corrected chi connectivity index (χ4v) is 3.93. The minimum Gasteiger partial charge on any atom is -0.271 e. The van der Waals surface area contributed by atoms with Crippen molar-refractivity contribution in [3.05, 3.63) is 79.3 Å². The van der Waals surface area contributed by atoms with Crippen molar-refractivity contribution < 1.29 is 8.42 Å². The average Bonchev–Trinajstić information content (AvgIpc) is 3.17. The maximum absolute atomic E-state index is 12.5.